The van der Waals surface area contributed by atoms with E-state index in [2.05, 4.69) is 21.7 Å². The molecule has 0 radical (unpaired) electrons. The number of ketones is 1. The van der Waals surface area contributed by atoms with Gasteiger partial charge in [0.05, 0.1) is 6.57 Å². The molecule has 8 heteroatoms. The molecule has 35 heavy (non-hydrogen) atoms. The lowest BCUT2D eigenvalue weighted by molar-refractivity contribution is -0.145. The molecule has 4 rings (SSSR count). The predicted octanol–water partition coefficient (Wildman–Crippen LogP) is 4.54. The normalized spacial score (nSPS) is 20.6. The van der Waals surface area contributed by atoms with E-state index in [-0.39, 0.29) is 30.3 Å². The number of pyridine rings is 1. The van der Waals surface area contributed by atoms with E-state index in [1.54, 1.807) is 13.0 Å². The topological polar surface area (TPSA) is 67.1 Å². The Kier molecular flexibility index (Phi) is 7.85. The Bertz CT molecular complexity index is 1170. The standard InChI is InChI=1S/C27H31ClN4O3/c1-17-15-31(7-8-32(17)27(34)26-6-5-9-35-26)16-22-11-23(28)10-20(18(22)2)13-25(33)21-12-24(29-4)19(3)30-14-21/h10-12,14,17,26H,5-9,13,15-16H2,1-3H3/t17-,26-/m0/s1. The van der Waals surface area contributed by atoms with E-state index in [1.165, 1.54) is 6.20 Å². The molecule has 184 valence electrons. The van der Waals surface area contributed by atoms with Gasteiger partial charge in [0.25, 0.3) is 5.91 Å². The Labute approximate surface area is 211 Å². The van der Waals surface area contributed by atoms with Gasteiger partial charge in [-0.3, -0.25) is 19.5 Å². The second-order valence-electron chi connectivity index (χ2n) is 9.51. The number of amides is 1. The third-order valence-corrected chi connectivity index (χ3v) is 7.25. The van der Waals surface area contributed by atoms with Crippen LogP contribution in [0.1, 0.15) is 52.5 Å². The quantitative estimate of drug-likeness (QED) is 0.435. The van der Waals surface area contributed by atoms with Crippen LogP contribution in [0.3, 0.4) is 0 Å². The highest BCUT2D eigenvalue weighted by molar-refractivity contribution is 6.30. The molecule has 0 saturated carbocycles. The lowest BCUT2D eigenvalue weighted by Gasteiger charge is -2.41. The molecule has 0 spiro atoms. The molecule has 2 aromatic rings. The van der Waals surface area contributed by atoms with Crippen LogP contribution >= 0.6 is 11.6 Å². The van der Waals surface area contributed by atoms with E-state index in [1.807, 2.05) is 24.0 Å². The summed E-state index contributed by atoms with van der Waals surface area (Å²) in [6, 6.07) is 5.52. The second-order valence-corrected chi connectivity index (χ2v) is 9.94. The first-order valence-electron chi connectivity index (χ1n) is 12.1. The molecular formula is C27H31ClN4O3. The van der Waals surface area contributed by atoms with Crippen molar-refractivity contribution in [2.75, 3.05) is 26.2 Å². The minimum Gasteiger partial charge on any atom is -0.368 e. The van der Waals surface area contributed by atoms with Gasteiger partial charge < -0.3 is 9.64 Å². The monoisotopic (exact) mass is 494 g/mol. The van der Waals surface area contributed by atoms with Gasteiger partial charge in [-0.25, -0.2) is 4.85 Å². The molecule has 2 fully saturated rings. The summed E-state index contributed by atoms with van der Waals surface area (Å²) in [5, 5.41) is 0.595. The van der Waals surface area contributed by atoms with Gasteiger partial charge in [0.15, 0.2) is 5.78 Å². The van der Waals surface area contributed by atoms with E-state index in [0.29, 0.717) is 41.7 Å². The number of aromatic nitrogens is 1. The number of hydrogen-bond acceptors (Lipinski definition) is 5. The van der Waals surface area contributed by atoms with E-state index in [0.717, 1.165) is 42.6 Å². The van der Waals surface area contributed by atoms with Crippen molar-refractivity contribution in [3.63, 3.8) is 0 Å². The van der Waals surface area contributed by atoms with Crippen molar-refractivity contribution in [2.45, 2.75) is 58.7 Å². The number of rotatable bonds is 6. The summed E-state index contributed by atoms with van der Waals surface area (Å²) >= 11 is 6.45. The summed E-state index contributed by atoms with van der Waals surface area (Å²) < 4.78 is 5.60. The number of carbonyl (C=O) groups is 2. The average molecular weight is 495 g/mol. The number of Topliss-reactive ketones (excluding diaryl/α,β-unsaturated/α-hetero) is 1. The molecule has 0 unspecified atom stereocenters. The Balaban J connectivity index is 1.44. The number of carbonyl (C=O) groups excluding carboxylic acids is 2. The number of halogens is 1. The summed E-state index contributed by atoms with van der Waals surface area (Å²) in [6.07, 6.45) is 3.21. The third kappa shape index (κ3) is 5.72. The molecule has 0 aliphatic carbocycles. The molecule has 1 aromatic heterocycles. The Morgan fingerprint density at radius 2 is 2.00 bits per heavy atom. The summed E-state index contributed by atoms with van der Waals surface area (Å²) in [7, 11) is 0. The van der Waals surface area contributed by atoms with E-state index < -0.39 is 0 Å². The van der Waals surface area contributed by atoms with Gasteiger partial charge in [-0.1, -0.05) is 11.6 Å². The Morgan fingerprint density at radius 1 is 1.23 bits per heavy atom. The minimum absolute atomic E-state index is 0.0893. The zero-order chi connectivity index (χ0) is 25.1. The minimum atomic E-state index is -0.283. The molecule has 2 saturated heterocycles. The lowest BCUT2D eigenvalue weighted by atomic mass is 9.95. The molecule has 1 amide bonds. The number of hydrogen-bond donors (Lipinski definition) is 0. The fraction of sp³-hybridized carbons (Fsp3) is 0.481. The van der Waals surface area contributed by atoms with Crippen LogP contribution in [0.25, 0.3) is 4.85 Å². The van der Waals surface area contributed by atoms with Crippen LogP contribution in [-0.2, 0) is 22.5 Å². The Hall–Kier alpha value is -2.79. The first-order chi connectivity index (χ1) is 16.8. The van der Waals surface area contributed by atoms with Crippen LogP contribution in [0.2, 0.25) is 5.02 Å². The second kappa shape index (κ2) is 10.9. The van der Waals surface area contributed by atoms with Crippen LogP contribution in [0.5, 0.6) is 0 Å². The van der Waals surface area contributed by atoms with Gasteiger partial charge in [-0.05, 0) is 68.5 Å². The van der Waals surface area contributed by atoms with Crippen LogP contribution < -0.4 is 0 Å². The predicted molar refractivity (Wildman–Crippen MR) is 135 cm³/mol. The van der Waals surface area contributed by atoms with Crippen LogP contribution in [0, 0.1) is 20.4 Å². The molecule has 2 atom stereocenters. The molecule has 2 aliphatic heterocycles. The van der Waals surface area contributed by atoms with Gasteiger partial charge in [0, 0.05) is 67.7 Å². The van der Waals surface area contributed by atoms with E-state index >= 15 is 0 Å². The highest BCUT2D eigenvalue weighted by atomic mass is 35.5. The van der Waals surface area contributed by atoms with E-state index in [9.17, 15) is 9.59 Å². The van der Waals surface area contributed by atoms with Crippen molar-refractivity contribution < 1.29 is 14.3 Å². The van der Waals surface area contributed by atoms with Crippen molar-refractivity contribution in [1.29, 1.82) is 0 Å². The molecule has 7 nitrogen and oxygen atoms in total. The fourth-order valence-corrected chi connectivity index (χ4v) is 5.17. The van der Waals surface area contributed by atoms with Crippen LogP contribution in [0.15, 0.2) is 24.4 Å². The first kappa shape index (κ1) is 25.3. The number of nitrogens with zero attached hydrogens (tertiary/aromatic N) is 4. The zero-order valence-electron chi connectivity index (χ0n) is 20.5. The van der Waals surface area contributed by atoms with Crippen molar-refractivity contribution in [3.8, 4) is 0 Å². The third-order valence-electron chi connectivity index (χ3n) is 7.03. The molecule has 1 aromatic carbocycles. The maximum atomic E-state index is 13.0. The number of piperazine rings is 1. The summed E-state index contributed by atoms with van der Waals surface area (Å²) in [5.74, 6) is 0.0231. The number of benzene rings is 1. The lowest BCUT2D eigenvalue weighted by Crippen LogP contribution is -2.55. The maximum absolute atomic E-state index is 13.0. The summed E-state index contributed by atoms with van der Waals surface area (Å²) in [4.78, 5) is 37.7. The van der Waals surface area contributed by atoms with Gasteiger partial charge in [-0.2, -0.15) is 0 Å². The highest BCUT2D eigenvalue weighted by Crippen LogP contribution is 2.26. The fourth-order valence-electron chi connectivity index (χ4n) is 4.91. The number of aryl methyl sites for hydroxylation is 1. The van der Waals surface area contributed by atoms with Gasteiger partial charge in [0.1, 0.15) is 6.10 Å². The largest absolute Gasteiger partial charge is 0.368 e. The Morgan fingerprint density at radius 3 is 2.69 bits per heavy atom. The van der Waals surface area contributed by atoms with Gasteiger partial charge >= 0.3 is 0 Å². The smallest absolute Gasteiger partial charge is 0.252 e. The maximum Gasteiger partial charge on any atom is 0.252 e. The zero-order valence-corrected chi connectivity index (χ0v) is 21.3. The van der Waals surface area contributed by atoms with Crippen molar-refractivity contribution in [2.24, 2.45) is 0 Å². The first-order valence-corrected chi connectivity index (χ1v) is 12.4. The van der Waals surface area contributed by atoms with E-state index in [4.69, 9.17) is 22.9 Å². The molecule has 2 aliphatic rings. The SMILES string of the molecule is [C-]#[N+]c1cc(C(=O)Cc2cc(Cl)cc(CN3CCN(C(=O)[C@@H]4CCCO4)[C@@H](C)C3)c2C)cnc1C. The van der Waals surface area contributed by atoms with Gasteiger partial charge in [0.2, 0.25) is 5.69 Å². The number of ether oxygens (including phenoxy) is 1. The summed E-state index contributed by atoms with van der Waals surface area (Å²) in [5.41, 5.74) is 4.44. The average Bonchev–Trinajstić information content (AvgIpc) is 3.37. The molecule has 0 bridgehead atoms. The van der Waals surface area contributed by atoms with Crippen molar-refractivity contribution >= 4 is 29.0 Å². The van der Waals surface area contributed by atoms with Gasteiger partial charge in [-0.15, -0.1) is 0 Å². The summed E-state index contributed by atoms with van der Waals surface area (Å²) in [6.45, 7) is 16.7. The van der Waals surface area contributed by atoms with Crippen molar-refractivity contribution in [1.82, 2.24) is 14.8 Å². The van der Waals surface area contributed by atoms with Crippen LogP contribution in [0.4, 0.5) is 5.69 Å². The highest BCUT2D eigenvalue weighted by Gasteiger charge is 2.34. The molecular weight excluding hydrogens is 464 g/mol. The van der Waals surface area contributed by atoms with Crippen LogP contribution in [-0.4, -0.2) is 64.9 Å². The molecule has 3 heterocycles. The van der Waals surface area contributed by atoms with Crippen molar-refractivity contribution in [3.05, 3.63) is 68.8 Å². The molecule has 0 N–H and O–H groups in total.